The molecule has 0 atom stereocenters. The van der Waals surface area contributed by atoms with Crippen molar-refractivity contribution in [3.8, 4) is 0 Å². The van der Waals surface area contributed by atoms with E-state index in [0.717, 1.165) is 70.4 Å². The zero-order chi connectivity index (χ0) is 29.2. The summed E-state index contributed by atoms with van der Waals surface area (Å²) < 4.78 is 14.9. The van der Waals surface area contributed by atoms with Crippen molar-refractivity contribution in [2.45, 2.75) is 38.5 Å². The van der Waals surface area contributed by atoms with Crippen LogP contribution in [0.3, 0.4) is 0 Å². The Hall–Kier alpha value is -3.82. The van der Waals surface area contributed by atoms with E-state index in [-0.39, 0.29) is 5.82 Å². The van der Waals surface area contributed by atoms with Crippen molar-refractivity contribution in [1.29, 1.82) is 0 Å². The second kappa shape index (κ2) is 14.7. The van der Waals surface area contributed by atoms with Gasteiger partial charge in [0.05, 0.1) is 0 Å². The molecule has 0 bridgehead atoms. The van der Waals surface area contributed by atoms with Crippen LogP contribution in [0, 0.1) is 5.82 Å². The summed E-state index contributed by atoms with van der Waals surface area (Å²) in [5.41, 5.74) is 3.83. The Kier molecular flexibility index (Phi) is 10.8. The summed E-state index contributed by atoms with van der Waals surface area (Å²) in [7, 11) is 0. The summed E-state index contributed by atoms with van der Waals surface area (Å²) in [4.78, 5) is 37.2. The van der Waals surface area contributed by atoms with Crippen LogP contribution in [-0.4, -0.2) is 70.6 Å². The Balaban J connectivity index is 0.000000426. The van der Waals surface area contributed by atoms with E-state index in [9.17, 15) is 18.8 Å². The highest BCUT2D eigenvalue weighted by atomic mass is 32.1. The Morgan fingerprint density at radius 2 is 1.51 bits per heavy atom. The lowest BCUT2D eigenvalue weighted by Crippen LogP contribution is -2.33. The lowest BCUT2D eigenvalue weighted by atomic mass is 9.91. The normalized spacial score (nSPS) is 15.6. The third-order valence-electron chi connectivity index (χ3n) is 7.31. The number of hydrogen-bond acceptors (Lipinski definition) is 5. The lowest BCUT2D eigenvalue weighted by molar-refractivity contribution is -0.134. The summed E-state index contributed by atoms with van der Waals surface area (Å²) in [6.07, 6.45) is 7.07. The van der Waals surface area contributed by atoms with Gasteiger partial charge >= 0.3 is 11.9 Å². The molecule has 0 saturated carbocycles. The molecule has 3 aromatic rings. The summed E-state index contributed by atoms with van der Waals surface area (Å²) in [5, 5.41) is 16.9. The van der Waals surface area contributed by atoms with Crippen LogP contribution >= 0.6 is 11.3 Å². The standard InChI is InChI=1S/C28H31FN2OS.C4H4O4/c29-24-11-9-21(10-12-24)28(26-20-23-6-1-2-7-25(23)33-26)22-13-18-30(19-14-22)15-5-8-27(32)31-16-3-4-17-31;5-3(6)1-2-4(7)8/h1-2,6-7,9-12,20H,3-5,8,13-19H2;1-2H,(H,5,6)(H,7,8)/b;2-1-. The third-order valence-corrected chi connectivity index (χ3v) is 8.44. The molecular weight excluding hydrogens is 543 g/mol. The first kappa shape index (κ1) is 30.1. The number of fused-ring (bicyclic) bond motifs is 1. The first-order valence-electron chi connectivity index (χ1n) is 13.9. The van der Waals surface area contributed by atoms with Crippen LogP contribution in [0.1, 0.15) is 49.0 Å². The molecule has 3 heterocycles. The molecule has 216 valence electrons. The molecule has 0 unspecified atom stereocenters. The summed E-state index contributed by atoms with van der Waals surface area (Å²) >= 11 is 1.82. The minimum absolute atomic E-state index is 0.197. The third kappa shape index (κ3) is 8.83. The molecule has 7 nitrogen and oxygen atoms in total. The molecule has 2 fully saturated rings. The SMILES string of the molecule is O=C(CCCN1CCC(=C(c2ccc(F)cc2)c2cc3ccccc3s2)CC1)N1CCCC1.O=C(O)/C=C\C(=O)O. The largest absolute Gasteiger partial charge is 0.478 e. The minimum Gasteiger partial charge on any atom is -0.478 e. The van der Waals surface area contributed by atoms with E-state index < -0.39 is 11.9 Å². The molecule has 2 saturated heterocycles. The van der Waals surface area contributed by atoms with E-state index in [1.54, 1.807) is 12.1 Å². The quantitative estimate of drug-likeness (QED) is 0.316. The van der Waals surface area contributed by atoms with E-state index >= 15 is 0 Å². The number of rotatable bonds is 8. The lowest BCUT2D eigenvalue weighted by Gasteiger charge is -2.30. The highest BCUT2D eigenvalue weighted by Gasteiger charge is 2.22. The number of piperidine rings is 1. The van der Waals surface area contributed by atoms with Gasteiger partial charge in [0.2, 0.25) is 5.91 Å². The number of amides is 1. The molecule has 2 aliphatic rings. The van der Waals surface area contributed by atoms with Gasteiger partial charge in [0.25, 0.3) is 0 Å². The van der Waals surface area contributed by atoms with Crippen LogP contribution in [-0.2, 0) is 14.4 Å². The van der Waals surface area contributed by atoms with Crippen molar-refractivity contribution in [3.05, 3.63) is 88.6 Å². The van der Waals surface area contributed by atoms with Gasteiger partial charge in [0.15, 0.2) is 0 Å². The number of halogens is 1. The van der Waals surface area contributed by atoms with Gasteiger partial charge in [-0.2, -0.15) is 0 Å². The van der Waals surface area contributed by atoms with Gasteiger partial charge in [0, 0.05) is 54.3 Å². The molecule has 41 heavy (non-hydrogen) atoms. The highest BCUT2D eigenvalue weighted by Crippen LogP contribution is 2.38. The number of carboxylic acid groups (broad SMARTS) is 2. The maximum absolute atomic E-state index is 13.6. The van der Waals surface area contributed by atoms with E-state index in [2.05, 4.69) is 35.2 Å². The molecule has 2 aromatic carbocycles. The molecule has 5 rings (SSSR count). The number of likely N-dealkylation sites (tertiary alicyclic amines) is 2. The fraction of sp³-hybridized carbons (Fsp3) is 0.344. The molecule has 1 aromatic heterocycles. The zero-order valence-electron chi connectivity index (χ0n) is 22.9. The second-order valence-corrected chi connectivity index (χ2v) is 11.3. The number of carbonyl (C=O) groups excluding carboxylic acids is 1. The average Bonchev–Trinajstić information content (AvgIpc) is 3.65. The molecule has 2 N–H and O–H groups in total. The molecule has 0 radical (unpaired) electrons. The molecule has 9 heteroatoms. The van der Waals surface area contributed by atoms with E-state index in [1.807, 2.05) is 28.4 Å². The monoisotopic (exact) mass is 578 g/mol. The smallest absolute Gasteiger partial charge is 0.328 e. The van der Waals surface area contributed by atoms with Crippen LogP contribution < -0.4 is 0 Å². The first-order chi connectivity index (χ1) is 19.8. The minimum atomic E-state index is -1.26. The topological polar surface area (TPSA) is 98.2 Å². The van der Waals surface area contributed by atoms with Gasteiger partial charge in [-0.25, -0.2) is 14.0 Å². The van der Waals surface area contributed by atoms with Gasteiger partial charge in [-0.1, -0.05) is 35.9 Å². The number of aliphatic carboxylic acids is 2. The number of carbonyl (C=O) groups is 3. The summed E-state index contributed by atoms with van der Waals surface area (Å²) in [6, 6.07) is 17.7. The number of benzene rings is 2. The molecule has 1 amide bonds. The predicted octanol–water partition coefficient (Wildman–Crippen LogP) is 6.05. The fourth-order valence-corrected chi connectivity index (χ4v) is 6.44. The number of carboxylic acids is 2. The van der Waals surface area contributed by atoms with Crippen LogP contribution in [0.2, 0.25) is 0 Å². The Labute approximate surface area is 243 Å². The molecule has 2 aliphatic heterocycles. The molecule has 0 aliphatic carbocycles. The summed E-state index contributed by atoms with van der Waals surface area (Å²) in [6.45, 7) is 4.91. The van der Waals surface area contributed by atoms with Crippen LogP contribution in [0.15, 0.2) is 72.3 Å². The van der Waals surface area contributed by atoms with Gasteiger partial charge in [0.1, 0.15) is 5.82 Å². The second-order valence-electron chi connectivity index (χ2n) is 10.2. The maximum Gasteiger partial charge on any atom is 0.328 e. The van der Waals surface area contributed by atoms with Gasteiger partial charge in [-0.05, 0) is 79.4 Å². The number of thiophene rings is 1. The maximum atomic E-state index is 13.6. The Morgan fingerprint density at radius 3 is 2.12 bits per heavy atom. The number of nitrogens with zero attached hydrogens (tertiary/aromatic N) is 2. The first-order valence-corrected chi connectivity index (χ1v) is 14.7. The zero-order valence-corrected chi connectivity index (χ0v) is 23.7. The van der Waals surface area contributed by atoms with E-state index in [0.29, 0.717) is 24.5 Å². The average molecular weight is 579 g/mol. The van der Waals surface area contributed by atoms with Gasteiger partial charge in [-0.15, -0.1) is 11.3 Å². The van der Waals surface area contributed by atoms with Crippen molar-refractivity contribution in [2.75, 3.05) is 32.7 Å². The predicted molar refractivity (Wildman–Crippen MR) is 159 cm³/mol. The van der Waals surface area contributed by atoms with Crippen LogP contribution in [0.5, 0.6) is 0 Å². The van der Waals surface area contributed by atoms with Crippen molar-refractivity contribution < 1.29 is 29.0 Å². The van der Waals surface area contributed by atoms with Gasteiger partial charge in [-0.3, -0.25) is 4.79 Å². The fourth-order valence-electron chi connectivity index (χ4n) is 5.26. The van der Waals surface area contributed by atoms with Crippen LogP contribution in [0.4, 0.5) is 4.39 Å². The molecular formula is C32H35FN2O5S. The van der Waals surface area contributed by atoms with E-state index in [1.165, 1.54) is 26.1 Å². The Morgan fingerprint density at radius 1 is 0.878 bits per heavy atom. The Bertz CT molecular complexity index is 1360. The summed E-state index contributed by atoms with van der Waals surface area (Å²) in [5.74, 6) is -2.38. The highest BCUT2D eigenvalue weighted by molar-refractivity contribution is 7.20. The van der Waals surface area contributed by atoms with Crippen molar-refractivity contribution in [3.63, 3.8) is 0 Å². The van der Waals surface area contributed by atoms with Crippen molar-refractivity contribution >= 4 is 44.8 Å². The van der Waals surface area contributed by atoms with Crippen molar-refractivity contribution in [2.24, 2.45) is 0 Å². The van der Waals surface area contributed by atoms with Gasteiger partial charge < -0.3 is 20.0 Å². The molecule has 0 spiro atoms. The number of hydrogen-bond donors (Lipinski definition) is 2. The van der Waals surface area contributed by atoms with Crippen LogP contribution in [0.25, 0.3) is 15.7 Å². The van der Waals surface area contributed by atoms with E-state index in [4.69, 9.17) is 10.2 Å². The van der Waals surface area contributed by atoms with Crippen molar-refractivity contribution in [1.82, 2.24) is 9.80 Å².